The first-order chi connectivity index (χ1) is 10.5. The normalized spacial score (nSPS) is 12.1. The molecular formula is C16H20F3NO3. The van der Waals surface area contributed by atoms with Crippen LogP contribution >= 0.6 is 0 Å². The van der Waals surface area contributed by atoms with Gasteiger partial charge >= 0.3 is 12.1 Å². The maximum absolute atomic E-state index is 12.8. The van der Waals surface area contributed by atoms with E-state index in [1.54, 1.807) is 6.92 Å². The molecule has 1 amide bonds. The minimum Gasteiger partial charge on any atom is -0.480 e. The van der Waals surface area contributed by atoms with Gasteiger partial charge < -0.3 is 10.0 Å². The van der Waals surface area contributed by atoms with Crippen molar-refractivity contribution in [3.05, 3.63) is 35.4 Å². The number of hydrogen-bond donors (Lipinski definition) is 1. The third-order valence-electron chi connectivity index (χ3n) is 3.55. The highest BCUT2D eigenvalue weighted by molar-refractivity contribution is 5.89. The van der Waals surface area contributed by atoms with Gasteiger partial charge in [0, 0.05) is 6.54 Å². The molecule has 0 aliphatic carbocycles. The zero-order valence-electron chi connectivity index (χ0n) is 13.3. The number of carbonyl (C=O) groups excluding carboxylic acids is 1. The van der Waals surface area contributed by atoms with Crippen molar-refractivity contribution in [2.75, 3.05) is 13.1 Å². The Morgan fingerprint density at radius 3 is 2.22 bits per heavy atom. The fourth-order valence-electron chi connectivity index (χ4n) is 2.29. The number of alkyl halides is 3. The van der Waals surface area contributed by atoms with E-state index in [1.807, 2.05) is 0 Å². The molecule has 0 fully saturated rings. The average molecular weight is 331 g/mol. The summed E-state index contributed by atoms with van der Waals surface area (Å²) in [6.45, 7) is 4.53. The molecule has 0 radical (unpaired) electrons. The van der Waals surface area contributed by atoms with E-state index in [1.165, 1.54) is 26.0 Å². The highest BCUT2D eigenvalue weighted by Gasteiger charge is 2.37. The van der Waals surface area contributed by atoms with Gasteiger partial charge in [-0.05, 0) is 31.9 Å². The number of carboxylic acid groups (broad SMARTS) is 1. The van der Waals surface area contributed by atoms with Crippen molar-refractivity contribution in [1.29, 1.82) is 0 Å². The van der Waals surface area contributed by atoms with Crippen LogP contribution in [-0.4, -0.2) is 35.0 Å². The summed E-state index contributed by atoms with van der Waals surface area (Å²) in [5.41, 5.74) is -1.90. The molecule has 1 aromatic rings. The summed E-state index contributed by atoms with van der Waals surface area (Å²) in [5, 5.41) is 8.90. The van der Waals surface area contributed by atoms with Gasteiger partial charge in [-0.3, -0.25) is 9.59 Å². The van der Waals surface area contributed by atoms with Gasteiger partial charge in [0.1, 0.15) is 6.54 Å². The van der Waals surface area contributed by atoms with Gasteiger partial charge in [0.15, 0.2) is 0 Å². The highest BCUT2D eigenvalue weighted by atomic mass is 19.4. The van der Waals surface area contributed by atoms with Crippen molar-refractivity contribution in [3.63, 3.8) is 0 Å². The summed E-state index contributed by atoms with van der Waals surface area (Å²) in [7, 11) is 0. The largest absolute Gasteiger partial charge is 0.480 e. The van der Waals surface area contributed by atoms with Gasteiger partial charge in [-0.25, -0.2) is 0 Å². The molecule has 128 valence electrons. The van der Waals surface area contributed by atoms with E-state index in [4.69, 9.17) is 5.11 Å². The van der Waals surface area contributed by atoms with Crippen LogP contribution in [0.2, 0.25) is 0 Å². The minimum absolute atomic E-state index is 0.198. The molecule has 0 heterocycles. The molecule has 7 heteroatoms. The average Bonchev–Trinajstić information content (AvgIpc) is 2.44. The Balaban J connectivity index is 3.17. The summed E-state index contributed by atoms with van der Waals surface area (Å²) in [6, 6.07) is 4.56. The molecule has 0 aliphatic rings. The molecule has 1 N–H and O–H groups in total. The smallest absolute Gasteiger partial charge is 0.416 e. The zero-order valence-corrected chi connectivity index (χ0v) is 13.3. The molecule has 0 bridgehead atoms. The number of halogens is 3. The Morgan fingerprint density at radius 1 is 1.17 bits per heavy atom. The number of rotatable bonds is 6. The summed E-state index contributed by atoms with van der Waals surface area (Å²) in [6.07, 6.45) is -3.95. The van der Waals surface area contributed by atoms with Gasteiger partial charge in [0.25, 0.3) is 0 Å². The predicted octanol–water partition coefficient (Wildman–Crippen LogP) is 3.31. The molecule has 23 heavy (non-hydrogen) atoms. The van der Waals surface area contributed by atoms with Crippen LogP contribution in [0.25, 0.3) is 0 Å². The third-order valence-corrected chi connectivity index (χ3v) is 3.55. The molecule has 0 aromatic heterocycles. The Morgan fingerprint density at radius 2 is 1.74 bits per heavy atom. The second-order valence-corrected chi connectivity index (χ2v) is 5.82. The van der Waals surface area contributed by atoms with Crippen molar-refractivity contribution in [3.8, 4) is 0 Å². The van der Waals surface area contributed by atoms with Crippen LogP contribution in [0.3, 0.4) is 0 Å². The topological polar surface area (TPSA) is 57.6 Å². The maximum atomic E-state index is 12.8. The van der Waals surface area contributed by atoms with E-state index in [-0.39, 0.29) is 12.1 Å². The summed E-state index contributed by atoms with van der Waals surface area (Å²) in [4.78, 5) is 24.7. The molecule has 0 atom stereocenters. The van der Waals surface area contributed by atoms with Crippen LogP contribution in [0.4, 0.5) is 13.2 Å². The van der Waals surface area contributed by atoms with Crippen LogP contribution in [0, 0.1) is 0 Å². The number of amides is 1. The van der Waals surface area contributed by atoms with E-state index in [0.29, 0.717) is 6.42 Å². The molecule has 1 aromatic carbocycles. The number of hydrogen-bond acceptors (Lipinski definition) is 2. The quantitative estimate of drug-likeness (QED) is 0.870. The summed E-state index contributed by atoms with van der Waals surface area (Å²) < 4.78 is 38.5. The van der Waals surface area contributed by atoms with E-state index in [0.717, 1.165) is 17.0 Å². The Hall–Kier alpha value is -2.05. The SMILES string of the molecule is CCCN(CC(=O)O)C(=O)C(C)(C)c1cccc(C(F)(F)F)c1. The predicted molar refractivity (Wildman–Crippen MR) is 79.0 cm³/mol. The fraction of sp³-hybridized carbons (Fsp3) is 0.500. The number of carboxylic acids is 1. The molecule has 0 aliphatic heterocycles. The van der Waals surface area contributed by atoms with Gasteiger partial charge in [-0.2, -0.15) is 13.2 Å². The standard InChI is InChI=1S/C16H20F3NO3/c1-4-8-20(10-13(21)22)14(23)15(2,3)11-6-5-7-12(9-11)16(17,18)19/h5-7,9H,4,8,10H2,1-3H3,(H,21,22). The lowest BCUT2D eigenvalue weighted by molar-refractivity contribution is -0.146. The van der Waals surface area contributed by atoms with Gasteiger partial charge in [0.05, 0.1) is 11.0 Å². The van der Waals surface area contributed by atoms with E-state index in [2.05, 4.69) is 0 Å². The van der Waals surface area contributed by atoms with E-state index < -0.39 is 35.6 Å². The number of nitrogens with zero attached hydrogens (tertiary/aromatic N) is 1. The Labute approximate surface area is 132 Å². The summed E-state index contributed by atoms with van der Waals surface area (Å²) >= 11 is 0. The molecule has 0 saturated carbocycles. The van der Waals surface area contributed by atoms with Crippen molar-refractivity contribution < 1.29 is 27.9 Å². The molecule has 1 rings (SSSR count). The third kappa shape index (κ3) is 4.71. The molecule has 0 unspecified atom stereocenters. The zero-order chi connectivity index (χ0) is 17.8. The Kier molecular flexibility index (Phi) is 5.80. The molecule has 4 nitrogen and oxygen atoms in total. The van der Waals surface area contributed by atoms with E-state index >= 15 is 0 Å². The second kappa shape index (κ2) is 7.02. The van der Waals surface area contributed by atoms with Crippen molar-refractivity contribution in [2.45, 2.75) is 38.8 Å². The van der Waals surface area contributed by atoms with Crippen LogP contribution in [0.15, 0.2) is 24.3 Å². The lowest BCUT2D eigenvalue weighted by Gasteiger charge is -2.31. The lowest BCUT2D eigenvalue weighted by Crippen LogP contribution is -2.46. The number of benzene rings is 1. The molecular weight excluding hydrogens is 311 g/mol. The van der Waals surface area contributed by atoms with Crippen LogP contribution in [0.5, 0.6) is 0 Å². The van der Waals surface area contributed by atoms with Crippen LogP contribution in [-0.2, 0) is 21.2 Å². The van der Waals surface area contributed by atoms with Crippen molar-refractivity contribution in [1.82, 2.24) is 4.90 Å². The van der Waals surface area contributed by atoms with Gasteiger partial charge in [0.2, 0.25) is 5.91 Å². The number of aliphatic carboxylic acids is 1. The number of carbonyl (C=O) groups is 2. The summed E-state index contributed by atoms with van der Waals surface area (Å²) in [5.74, 6) is -1.67. The van der Waals surface area contributed by atoms with Crippen LogP contribution in [0.1, 0.15) is 38.3 Å². The Bertz CT molecular complexity index is 582. The second-order valence-electron chi connectivity index (χ2n) is 5.82. The first-order valence-electron chi connectivity index (χ1n) is 7.19. The first kappa shape index (κ1) is 19.0. The monoisotopic (exact) mass is 331 g/mol. The fourth-order valence-corrected chi connectivity index (χ4v) is 2.29. The highest BCUT2D eigenvalue weighted by Crippen LogP contribution is 2.33. The van der Waals surface area contributed by atoms with Crippen LogP contribution < -0.4 is 0 Å². The van der Waals surface area contributed by atoms with Crippen molar-refractivity contribution >= 4 is 11.9 Å². The lowest BCUT2D eigenvalue weighted by atomic mass is 9.82. The van der Waals surface area contributed by atoms with E-state index in [9.17, 15) is 22.8 Å². The molecule has 0 saturated heterocycles. The molecule has 0 spiro atoms. The maximum Gasteiger partial charge on any atom is 0.416 e. The minimum atomic E-state index is -4.50. The van der Waals surface area contributed by atoms with Gasteiger partial charge in [-0.1, -0.05) is 25.1 Å². The van der Waals surface area contributed by atoms with Gasteiger partial charge in [-0.15, -0.1) is 0 Å². The van der Waals surface area contributed by atoms with Crippen molar-refractivity contribution in [2.24, 2.45) is 0 Å². The first-order valence-corrected chi connectivity index (χ1v) is 7.19.